The van der Waals surface area contributed by atoms with E-state index < -0.39 is 0 Å². The van der Waals surface area contributed by atoms with Crippen LogP contribution in [0.25, 0.3) is 0 Å². The van der Waals surface area contributed by atoms with Crippen LogP contribution in [0.3, 0.4) is 0 Å². The van der Waals surface area contributed by atoms with Gasteiger partial charge in [0.25, 0.3) is 0 Å². The monoisotopic (exact) mass is 187 g/mol. The summed E-state index contributed by atoms with van der Waals surface area (Å²) < 4.78 is 0. The molecule has 1 N–H and O–H groups in total. The minimum atomic E-state index is 0.607. The minimum Gasteiger partial charge on any atom is -0.411 e. The Morgan fingerprint density at radius 3 is 2.14 bits per heavy atom. The van der Waals surface area contributed by atoms with E-state index in [9.17, 15) is 0 Å². The average Bonchev–Trinajstić information content (AvgIpc) is 2.52. The van der Waals surface area contributed by atoms with Crippen molar-refractivity contribution in [3.05, 3.63) is 35.4 Å². The summed E-state index contributed by atoms with van der Waals surface area (Å²) in [4.78, 5) is 0. The van der Waals surface area contributed by atoms with Gasteiger partial charge in [0, 0.05) is 0 Å². The topological polar surface area (TPSA) is 32.6 Å². The zero-order valence-electron chi connectivity index (χ0n) is 7.98. The van der Waals surface area contributed by atoms with E-state index in [0.29, 0.717) is 11.8 Å². The van der Waals surface area contributed by atoms with Crippen LogP contribution in [0, 0.1) is 0 Å². The van der Waals surface area contributed by atoms with Gasteiger partial charge >= 0.3 is 0 Å². The number of oxime groups is 1. The van der Waals surface area contributed by atoms with Gasteiger partial charge in [0.05, 0.1) is 5.71 Å². The molecule has 0 aromatic heterocycles. The highest BCUT2D eigenvalue weighted by atomic mass is 16.4. The van der Waals surface area contributed by atoms with Gasteiger partial charge in [0.1, 0.15) is 0 Å². The molecule has 2 bridgehead atoms. The van der Waals surface area contributed by atoms with E-state index in [4.69, 9.17) is 5.21 Å². The van der Waals surface area contributed by atoms with Crippen LogP contribution in [-0.4, -0.2) is 10.9 Å². The lowest BCUT2D eigenvalue weighted by Gasteiger charge is -2.19. The van der Waals surface area contributed by atoms with Crippen LogP contribution in [-0.2, 0) is 0 Å². The second-order valence-electron chi connectivity index (χ2n) is 4.33. The van der Waals surface area contributed by atoms with E-state index >= 15 is 0 Å². The average molecular weight is 187 g/mol. The van der Waals surface area contributed by atoms with Crippen molar-refractivity contribution < 1.29 is 5.21 Å². The summed E-state index contributed by atoms with van der Waals surface area (Å²) in [6.45, 7) is 0. The highest BCUT2D eigenvalue weighted by molar-refractivity contribution is 5.87. The van der Waals surface area contributed by atoms with Gasteiger partial charge in [-0.05, 0) is 42.2 Å². The molecule has 2 heteroatoms. The van der Waals surface area contributed by atoms with E-state index in [-0.39, 0.29) is 0 Å². The molecule has 1 fully saturated rings. The summed E-state index contributed by atoms with van der Waals surface area (Å²) >= 11 is 0. The van der Waals surface area contributed by atoms with Crippen LogP contribution in [0.4, 0.5) is 0 Å². The fraction of sp³-hybridized carbons (Fsp3) is 0.417. The van der Waals surface area contributed by atoms with Crippen molar-refractivity contribution in [2.45, 2.75) is 31.1 Å². The van der Waals surface area contributed by atoms with E-state index in [0.717, 1.165) is 18.6 Å². The van der Waals surface area contributed by atoms with Crippen LogP contribution >= 0.6 is 0 Å². The molecular weight excluding hydrogens is 174 g/mol. The fourth-order valence-corrected chi connectivity index (χ4v) is 2.97. The van der Waals surface area contributed by atoms with Crippen LogP contribution in [0.5, 0.6) is 0 Å². The van der Waals surface area contributed by atoms with Crippen molar-refractivity contribution in [2.24, 2.45) is 5.16 Å². The van der Waals surface area contributed by atoms with Gasteiger partial charge in [0.15, 0.2) is 0 Å². The predicted octanol–water partition coefficient (Wildman–Crippen LogP) is 2.88. The van der Waals surface area contributed by atoms with Crippen molar-refractivity contribution >= 4 is 5.71 Å². The number of benzene rings is 1. The minimum absolute atomic E-state index is 0.607. The van der Waals surface area contributed by atoms with E-state index in [1.54, 1.807) is 0 Å². The molecule has 2 aliphatic carbocycles. The summed E-state index contributed by atoms with van der Waals surface area (Å²) in [6.07, 6.45) is 3.15. The van der Waals surface area contributed by atoms with Gasteiger partial charge in [0.2, 0.25) is 0 Å². The molecule has 14 heavy (non-hydrogen) atoms. The van der Waals surface area contributed by atoms with Crippen molar-refractivity contribution in [3.8, 4) is 0 Å². The number of hydrogen-bond acceptors (Lipinski definition) is 2. The summed E-state index contributed by atoms with van der Waals surface area (Å²) in [7, 11) is 0. The van der Waals surface area contributed by atoms with Gasteiger partial charge in [-0.2, -0.15) is 0 Å². The highest BCUT2D eigenvalue weighted by Crippen LogP contribution is 2.49. The number of nitrogens with zero attached hydrogens (tertiary/aromatic N) is 1. The second-order valence-corrected chi connectivity index (χ2v) is 4.33. The van der Waals surface area contributed by atoms with Gasteiger partial charge in [-0.1, -0.05) is 29.4 Å². The maximum absolute atomic E-state index is 8.82. The summed E-state index contributed by atoms with van der Waals surface area (Å²) in [5, 5.41) is 12.2. The van der Waals surface area contributed by atoms with Crippen LogP contribution < -0.4 is 0 Å². The third kappa shape index (κ3) is 0.999. The molecule has 1 saturated carbocycles. The Hall–Kier alpha value is -1.31. The normalized spacial score (nSPS) is 28.7. The Morgan fingerprint density at radius 2 is 1.64 bits per heavy atom. The van der Waals surface area contributed by atoms with E-state index in [1.807, 2.05) is 0 Å². The molecule has 2 nitrogen and oxygen atoms in total. The quantitative estimate of drug-likeness (QED) is 0.491. The lowest BCUT2D eigenvalue weighted by atomic mass is 9.85. The van der Waals surface area contributed by atoms with Crippen LogP contribution in [0.1, 0.15) is 42.2 Å². The van der Waals surface area contributed by atoms with Crippen molar-refractivity contribution in [1.82, 2.24) is 0 Å². The third-order valence-corrected chi connectivity index (χ3v) is 3.55. The molecule has 1 aromatic rings. The van der Waals surface area contributed by atoms with E-state index in [1.165, 1.54) is 17.5 Å². The van der Waals surface area contributed by atoms with Crippen LogP contribution in [0.15, 0.2) is 29.4 Å². The maximum Gasteiger partial charge on any atom is 0.0583 e. The van der Waals surface area contributed by atoms with Crippen molar-refractivity contribution in [2.75, 3.05) is 0 Å². The summed E-state index contributed by atoms with van der Waals surface area (Å²) in [5.74, 6) is 1.21. The lowest BCUT2D eigenvalue weighted by Crippen LogP contribution is -2.13. The molecule has 0 saturated heterocycles. The number of hydrogen-bond donors (Lipinski definition) is 1. The molecule has 0 heterocycles. The van der Waals surface area contributed by atoms with E-state index in [2.05, 4.69) is 29.4 Å². The second kappa shape index (κ2) is 2.84. The Labute approximate surface area is 83.3 Å². The maximum atomic E-state index is 8.82. The lowest BCUT2D eigenvalue weighted by molar-refractivity contribution is 0.313. The first-order chi connectivity index (χ1) is 6.88. The Kier molecular flexibility index (Phi) is 1.63. The molecule has 2 unspecified atom stereocenters. The van der Waals surface area contributed by atoms with Gasteiger partial charge in [-0.25, -0.2) is 0 Å². The molecule has 0 radical (unpaired) electrons. The number of fused-ring (bicyclic) bond motifs is 5. The third-order valence-electron chi connectivity index (χ3n) is 3.55. The zero-order valence-corrected chi connectivity index (χ0v) is 7.98. The molecule has 0 aliphatic heterocycles. The molecule has 1 aromatic carbocycles. The number of rotatable bonds is 0. The van der Waals surface area contributed by atoms with Gasteiger partial charge in [-0.15, -0.1) is 0 Å². The Balaban J connectivity index is 2.07. The molecule has 3 rings (SSSR count). The van der Waals surface area contributed by atoms with Gasteiger partial charge in [-0.3, -0.25) is 0 Å². The zero-order chi connectivity index (χ0) is 9.54. The van der Waals surface area contributed by atoms with Gasteiger partial charge < -0.3 is 5.21 Å². The molecule has 72 valence electrons. The highest BCUT2D eigenvalue weighted by Gasteiger charge is 2.36. The molecule has 0 amide bonds. The standard InChI is InChI=1S/C12H13NO/c14-13-10-6-8-5-9(7-10)12-4-2-1-3-11(8)12/h1-4,8-9,14H,5-7H2. The molecule has 2 aliphatic rings. The molecule has 2 atom stereocenters. The Morgan fingerprint density at radius 1 is 1.07 bits per heavy atom. The summed E-state index contributed by atoms with van der Waals surface area (Å²) in [6, 6.07) is 8.66. The first kappa shape index (κ1) is 8.04. The smallest absolute Gasteiger partial charge is 0.0583 e. The fourth-order valence-electron chi connectivity index (χ4n) is 2.97. The molecular formula is C12H13NO. The Bertz CT molecular complexity index is 364. The summed E-state index contributed by atoms with van der Waals surface area (Å²) in [5.41, 5.74) is 3.94. The van der Waals surface area contributed by atoms with Crippen molar-refractivity contribution in [1.29, 1.82) is 0 Å². The largest absolute Gasteiger partial charge is 0.411 e. The molecule has 0 spiro atoms. The van der Waals surface area contributed by atoms with Crippen LogP contribution in [0.2, 0.25) is 0 Å². The SMILES string of the molecule is ON=C1CC2CC(C1)c1ccccc12. The first-order valence-electron chi connectivity index (χ1n) is 5.17. The van der Waals surface area contributed by atoms with Crippen molar-refractivity contribution in [3.63, 3.8) is 0 Å². The predicted molar refractivity (Wildman–Crippen MR) is 55.0 cm³/mol. The first-order valence-corrected chi connectivity index (χ1v) is 5.17.